The quantitative estimate of drug-likeness (QED) is 0.608. The third-order valence-corrected chi connectivity index (χ3v) is 4.90. The second kappa shape index (κ2) is 9.04. The lowest BCUT2D eigenvalue weighted by atomic mass is 10.2. The molecule has 1 aliphatic rings. The van der Waals surface area contributed by atoms with E-state index in [-0.39, 0.29) is 18.1 Å². The zero-order chi connectivity index (χ0) is 20.9. The molecule has 1 saturated heterocycles. The van der Waals surface area contributed by atoms with Crippen LogP contribution < -0.4 is 15.5 Å². The average molecular weight is 406 g/mol. The number of morpholine rings is 1. The van der Waals surface area contributed by atoms with Crippen molar-refractivity contribution in [2.45, 2.75) is 26.1 Å². The van der Waals surface area contributed by atoms with E-state index in [0.29, 0.717) is 24.5 Å². The molecule has 1 aliphatic heterocycles. The monoisotopic (exact) mass is 406 g/mol. The summed E-state index contributed by atoms with van der Waals surface area (Å²) in [6, 6.07) is 11.3. The number of rotatable bonds is 6. The molecule has 30 heavy (non-hydrogen) atoms. The molecule has 0 radical (unpaired) electrons. The summed E-state index contributed by atoms with van der Waals surface area (Å²) in [5.74, 6) is 1.38. The van der Waals surface area contributed by atoms with E-state index in [9.17, 15) is 4.79 Å². The number of amides is 1. The van der Waals surface area contributed by atoms with Crippen molar-refractivity contribution in [3.8, 4) is 0 Å². The molecule has 1 amide bonds. The Labute approximate surface area is 175 Å². The van der Waals surface area contributed by atoms with Gasteiger partial charge in [0.1, 0.15) is 0 Å². The maximum Gasteiger partial charge on any atom is 0.252 e. The first-order chi connectivity index (χ1) is 14.6. The van der Waals surface area contributed by atoms with Gasteiger partial charge in [-0.15, -0.1) is 0 Å². The summed E-state index contributed by atoms with van der Waals surface area (Å²) in [7, 11) is 0. The molecule has 156 valence electrons. The number of nitrogens with zero attached hydrogens (tertiary/aromatic N) is 4. The molecule has 3 aromatic rings. The number of aromatic nitrogens is 3. The number of ether oxygens (including phenoxy) is 1. The minimum Gasteiger partial charge on any atom is -0.372 e. The number of carbonyl (C=O) groups is 1. The number of carbonyl (C=O) groups excluding carboxylic acids is 1. The summed E-state index contributed by atoms with van der Waals surface area (Å²) in [6.07, 6.45) is 3.43. The van der Waals surface area contributed by atoms with Crippen LogP contribution in [-0.2, 0) is 4.74 Å². The van der Waals surface area contributed by atoms with Crippen molar-refractivity contribution in [2.24, 2.45) is 0 Å². The summed E-state index contributed by atoms with van der Waals surface area (Å²) >= 11 is 0. The van der Waals surface area contributed by atoms with Crippen LogP contribution in [0.4, 0.5) is 11.6 Å². The van der Waals surface area contributed by atoms with Crippen molar-refractivity contribution in [1.29, 1.82) is 0 Å². The van der Waals surface area contributed by atoms with E-state index in [2.05, 4.69) is 34.4 Å². The third-order valence-electron chi connectivity index (χ3n) is 4.90. The molecule has 2 aromatic heterocycles. The van der Waals surface area contributed by atoms with Crippen LogP contribution in [0.3, 0.4) is 0 Å². The van der Waals surface area contributed by atoms with Crippen LogP contribution in [0.15, 0.2) is 48.8 Å². The Morgan fingerprint density at radius 3 is 2.50 bits per heavy atom. The highest BCUT2D eigenvalue weighted by Gasteiger charge is 2.26. The molecular weight excluding hydrogens is 380 g/mol. The molecular formula is C22H26N6O2. The molecule has 1 fully saturated rings. The van der Waals surface area contributed by atoms with Gasteiger partial charge in [-0.2, -0.15) is 0 Å². The molecule has 8 nitrogen and oxygen atoms in total. The molecule has 2 N–H and O–H groups in total. The zero-order valence-electron chi connectivity index (χ0n) is 17.2. The van der Waals surface area contributed by atoms with Crippen LogP contribution in [-0.4, -0.2) is 59.2 Å². The minimum atomic E-state index is -0.148. The maximum atomic E-state index is 12.2. The Balaban J connectivity index is 1.48. The molecule has 8 heteroatoms. The number of para-hydroxylation sites is 2. The predicted molar refractivity (Wildman–Crippen MR) is 117 cm³/mol. The van der Waals surface area contributed by atoms with Crippen LogP contribution in [0.2, 0.25) is 0 Å². The normalized spacial score (nSPS) is 18.9. The first-order valence-corrected chi connectivity index (χ1v) is 10.2. The van der Waals surface area contributed by atoms with Crippen LogP contribution in [0.5, 0.6) is 0 Å². The van der Waals surface area contributed by atoms with Gasteiger partial charge in [-0.1, -0.05) is 12.1 Å². The largest absolute Gasteiger partial charge is 0.372 e. The van der Waals surface area contributed by atoms with Crippen molar-refractivity contribution < 1.29 is 9.53 Å². The highest BCUT2D eigenvalue weighted by Crippen LogP contribution is 2.27. The van der Waals surface area contributed by atoms with Gasteiger partial charge in [0.15, 0.2) is 11.6 Å². The summed E-state index contributed by atoms with van der Waals surface area (Å²) in [4.78, 5) is 28.1. The maximum absolute atomic E-state index is 12.2. The molecule has 0 aliphatic carbocycles. The van der Waals surface area contributed by atoms with Crippen molar-refractivity contribution in [2.75, 3.05) is 36.4 Å². The van der Waals surface area contributed by atoms with Crippen LogP contribution in [0.1, 0.15) is 24.2 Å². The van der Waals surface area contributed by atoms with Gasteiger partial charge in [0.2, 0.25) is 0 Å². The molecule has 0 bridgehead atoms. The molecule has 4 rings (SSSR count). The fraction of sp³-hybridized carbons (Fsp3) is 0.364. The van der Waals surface area contributed by atoms with Gasteiger partial charge in [-0.3, -0.25) is 9.78 Å². The molecule has 3 heterocycles. The van der Waals surface area contributed by atoms with E-state index in [1.807, 2.05) is 24.3 Å². The first kappa shape index (κ1) is 20.0. The zero-order valence-corrected chi connectivity index (χ0v) is 17.2. The number of pyridine rings is 1. The second-order valence-corrected chi connectivity index (χ2v) is 7.47. The highest BCUT2D eigenvalue weighted by atomic mass is 16.5. The third kappa shape index (κ3) is 4.65. The van der Waals surface area contributed by atoms with E-state index in [4.69, 9.17) is 14.7 Å². The molecule has 0 unspecified atom stereocenters. The SMILES string of the molecule is C[C@H]1CN(c2nc3ccccc3nc2NCCNC(=O)c2cccnc2)C[C@H](C)O1. The highest BCUT2D eigenvalue weighted by molar-refractivity contribution is 5.93. The topological polar surface area (TPSA) is 92.3 Å². The van der Waals surface area contributed by atoms with Crippen molar-refractivity contribution in [3.05, 3.63) is 54.4 Å². The van der Waals surface area contributed by atoms with Gasteiger partial charge in [-0.25, -0.2) is 9.97 Å². The smallest absolute Gasteiger partial charge is 0.252 e. The van der Waals surface area contributed by atoms with E-state index in [0.717, 1.165) is 29.9 Å². The van der Waals surface area contributed by atoms with Crippen molar-refractivity contribution in [1.82, 2.24) is 20.3 Å². The lowest BCUT2D eigenvalue weighted by molar-refractivity contribution is -0.00541. The Kier molecular flexibility index (Phi) is 6.04. The van der Waals surface area contributed by atoms with Gasteiger partial charge >= 0.3 is 0 Å². The van der Waals surface area contributed by atoms with E-state index >= 15 is 0 Å². The van der Waals surface area contributed by atoms with Crippen LogP contribution in [0.25, 0.3) is 11.0 Å². The molecule has 1 aromatic carbocycles. The Morgan fingerprint density at radius 2 is 1.80 bits per heavy atom. The number of nitrogens with one attached hydrogen (secondary N) is 2. The van der Waals surface area contributed by atoms with Gasteiger partial charge < -0.3 is 20.3 Å². The van der Waals surface area contributed by atoms with Gasteiger partial charge in [0.05, 0.1) is 28.8 Å². The summed E-state index contributed by atoms with van der Waals surface area (Å²) in [6.45, 7) is 6.63. The lowest BCUT2D eigenvalue weighted by Crippen LogP contribution is -2.46. The van der Waals surface area contributed by atoms with Gasteiger partial charge in [-0.05, 0) is 38.1 Å². The van der Waals surface area contributed by atoms with Crippen LogP contribution >= 0.6 is 0 Å². The standard InChI is InChI=1S/C22H26N6O2/c1-15-13-28(14-16(2)30-15)21-20(26-18-7-3-4-8-19(18)27-21)24-10-11-25-22(29)17-6-5-9-23-12-17/h3-9,12,15-16H,10-11,13-14H2,1-2H3,(H,24,26)(H,25,29)/t15-,16-/m0/s1. The number of hydrogen-bond acceptors (Lipinski definition) is 7. The summed E-state index contributed by atoms with van der Waals surface area (Å²) in [5, 5.41) is 6.25. The minimum absolute atomic E-state index is 0.119. The molecule has 0 saturated carbocycles. The van der Waals surface area contributed by atoms with E-state index < -0.39 is 0 Å². The van der Waals surface area contributed by atoms with Crippen molar-refractivity contribution in [3.63, 3.8) is 0 Å². The Morgan fingerprint density at radius 1 is 1.07 bits per heavy atom. The molecule has 0 spiro atoms. The van der Waals surface area contributed by atoms with Crippen LogP contribution in [0, 0.1) is 0 Å². The van der Waals surface area contributed by atoms with E-state index in [1.54, 1.807) is 24.5 Å². The number of hydrogen-bond donors (Lipinski definition) is 2. The Hall–Kier alpha value is -3.26. The number of benzene rings is 1. The van der Waals surface area contributed by atoms with Gasteiger partial charge in [0, 0.05) is 38.6 Å². The summed E-state index contributed by atoms with van der Waals surface area (Å²) < 4.78 is 5.87. The second-order valence-electron chi connectivity index (χ2n) is 7.47. The first-order valence-electron chi connectivity index (χ1n) is 10.2. The predicted octanol–water partition coefficient (Wildman–Crippen LogP) is 2.48. The van der Waals surface area contributed by atoms with Gasteiger partial charge in [0.25, 0.3) is 5.91 Å². The number of fused-ring (bicyclic) bond motifs is 1. The lowest BCUT2D eigenvalue weighted by Gasteiger charge is -2.36. The fourth-order valence-corrected chi connectivity index (χ4v) is 3.64. The molecule has 2 atom stereocenters. The fourth-order valence-electron chi connectivity index (χ4n) is 3.64. The van der Waals surface area contributed by atoms with Crippen molar-refractivity contribution >= 4 is 28.6 Å². The number of anilines is 2. The average Bonchev–Trinajstić information content (AvgIpc) is 2.76. The van der Waals surface area contributed by atoms with E-state index in [1.165, 1.54) is 0 Å². The Bertz CT molecular complexity index is 1000. The summed E-state index contributed by atoms with van der Waals surface area (Å²) in [5.41, 5.74) is 2.23.